The second-order valence-electron chi connectivity index (χ2n) is 8.04. The van der Waals surface area contributed by atoms with E-state index in [1.807, 2.05) is 31.3 Å². The molecule has 5 rings (SSSR count). The molecule has 1 aliphatic carbocycles. The number of para-hydroxylation sites is 1. The molecule has 3 nitrogen and oxygen atoms in total. The highest BCUT2D eigenvalue weighted by atomic mass is 35.5. The van der Waals surface area contributed by atoms with Gasteiger partial charge in [-0.3, -0.25) is 4.99 Å². The molecule has 31 heavy (non-hydrogen) atoms. The van der Waals surface area contributed by atoms with E-state index in [1.165, 1.54) is 16.8 Å². The SMILES string of the molecule is CCOc1ccc(C=Nc2ccc([C@@H]3Nc4ccccc4[C@@H]4C=CC[C@H]43)cc2)cc1Cl. The average molecular weight is 429 g/mol. The summed E-state index contributed by atoms with van der Waals surface area (Å²) in [6.07, 6.45) is 7.64. The van der Waals surface area contributed by atoms with Crippen LogP contribution in [0.2, 0.25) is 5.02 Å². The molecule has 3 aromatic rings. The molecule has 156 valence electrons. The highest BCUT2D eigenvalue weighted by molar-refractivity contribution is 6.32. The number of halogens is 1. The molecule has 0 amide bonds. The van der Waals surface area contributed by atoms with Gasteiger partial charge in [0.2, 0.25) is 0 Å². The largest absolute Gasteiger partial charge is 0.492 e. The Bertz CT molecular complexity index is 1140. The van der Waals surface area contributed by atoms with E-state index in [4.69, 9.17) is 16.3 Å². The van der Waals surface area contributed by atoms with Crippen LogP contribution in [0.5, 0.6) is 5.75 Å². The van der Waals surface area contributed by atoms with Crippen LogP contribution in [0.25, 0.3) is 0 Å². The van der Waals surface area contributed by atoms with Gasteiger partial charge in [-0.25, -0.2) is 0 Å². The van der Waals surface area contributed by atoms with E-state index in [1.54, 1.807) is 0 Å². The fraction of sp³-hybridized carbons (Fsp3) is 0.222. The summed E-state index contributed by atoms with van der Waals surface area (Å²) in [5, 5.41) is 4.38. The van der Waals surface area contributed by atoms with E-state index >= 15 is 0 Å². The van der Waals surface area contributed by atoms with E-state index in [9.17, 15) is 0 Å². The molecule has 0 saturated carbocycles. The van der Waals surface area contributed by atoms with E-state index in [-0.39, 0.29) is 0 Å². The van der Waals surface area contributed by atoms with Gasteiger partial charge in [-0.1, -0.05) is 54.1 Å². The van der Waals surface area contributed by atoms with Crippen LogP contribution in [-0.2, 0) is 0 Å². The van der Waals surface area contributed by atoms with Crippen LogP contribution in [-0.4, -0.2) is 12.8 Å². The first-order chi connectivity index (χ1) is 15.2. The van der Waals surface area contributed by atoms with Crippen molar-refractivity contribution < 1.29 is 4.74 Å². The van der Waals surface area contributed by atoms with Crippen molar-refractivity contribution >= 4 is 29.2 Å². The van der Waals surface area contributed by atoms with Gasteiger partial charge in [0.1, 0.15) is 5.75 Å². The summed E-state index contributed by atoms with van der Waals surface area (Å²) in [6.45, 7) is 2.54. The third-order valence-electron chi connectivity index (χ3n) is 6.14. The highest BCUT2D eigenvalue weighted by Crippen LogP contribution is 2.49. The zero-order chi connectivity index (χ0) is 21.2. The Kier molecular flexibility index (Phi) is 5.52. The number of rotatable bonds is 5. The monoisotopic (exact) mass is 428 g/mol. The van der Waals surface area contributed by atoms with Crippen LogP contribution in [0.15, 0.2) is 83.9 Å². The molecule has 4 heteroatoms. The van der Waals surface area contributed by atoms with Crippen LogP contribution in [0.1, 0.15) is 42.0 Å². The molecule has 0 aromatic heterocycles. The zero-order valence-electron chi connectivity index (χ0n) is 17.5. The summed E-state index contributed by atoms with van der Waals surface area (Å²) in [4.78, 5) is 4.62. The van der Waals surface area contributed by atoms with E-state index in [2.05, 4.69) is 71.0 Å². The predicted octanol–water partition coefficient (Wildman–Crippen LogP) is 7.32. The van der Waals surface area contributed by atoms with Crippen molar-refractivity contribution in [1.29, 1.82) is 0 Å². The van der Waals surface area contributed by atoms with Crippen molar-refractivity contribution in [3.8, 4) is 5.75 Å². The molecule has 1 N–H and O–H groups in total. The smallest absolute Gasteiger partial charge is 0.137 e. The van der Waals surface area contributed by atoms with Crippen LogP contribution >= 0.6 is 11.6 Å². The first kappa shape index (κ1) is 19.9. The molecule has 0 saturated heterocycles. The Balaban J connectivity index is 1.34. The van der Waals surface area contributed by atoms with Crippen LogP contribution in [0.4, 0.5) is 11.4 Å². The fourth-order valence-electron chi connectivity index (χ4n) is 4.66. The number of benzene rings is 3. The molecule has 0 spiro atoms. The number of allylic oxidation sites excluding steroid dienone is 2. The lowest BCUT2D eigenvalue weighted by Crippen LogP contribution is -2.28. The minimum absolute atomic E-state index is 0.304. The normalized spacial score (nSPS) is 21.5. The maximum absolute atomic E-state index is 6.28. The fourth-order valence-corrected chi connectivity index (χ4v) is 4.90. The molecule has 0 radical (unpaired) electrons. The first-order valence-electron chi connectivity index (χ1n) is 10.8. The maximum Gasteiger partial charge on any atom is 0.137 e. The van der Waals surface area contributed by atoms with Crippen LogP contribution in [0, 0.1) is 5.92 Å². The van der Waals surface area contributed by atoms with E-state index in [0.29, 0.717) is 35.3 Å². The molecule has 3 atom stereocenters. The van der Waals surface area contributed by atoms with Gasteiger partial charge in [0.15, 0.2) is 0 Å². The topological polar surface area (TPSA) is 33.6 Å². The summed E-state index contributed by atoms with van der Waals surface area (Å²) in [5.41, 5.74) is 5.83. The van der Waals surface area contributed by atoms with Crippen molar-refractivity contribution in [1.82, 2.24) is 0 Å². The standard InChI is InChI=1S/C27H25ClN2O/c1-2-31-26-15-10-18(16-24(26)28)17-29-20-13-11-19(12-14-20)27-23-8-5-7-21(23)22-6-3-4-9-25(22)30-27/h3-7,9-17,21,23,27,30H,2,8H2,1H3/t21-,23+,27-/m0/s1. The Morgan fingerprint density at radius 3 is 2.74 bits per heavy atom. The molecule has 1 heterocycles. The van der Waals surface area contributed by atoms with Gasteiger partial charge in [0.25, 0.3) is 0 Å². The first-order valence-corrected chi connectivity index (χ1v) is 11.2. The zero-order valence-corrected chi connectivity index (χ0v) is 18.2. The predicted molar refractivity (Wildman–Crippen MR) is 129 cm³/mol. The molecule has 3 aromatic carbocycles. The average Bonchev–Trinajstić information content (AvgIpc) is 3.30. The number of anilines is 1. The number of fused-ring (bicyclic) bond motifs is 3. The summed E-state index contributed by atoms with van der Waals surface area (Å²) in [5.74, 6) is 1.74. The summed E-state index contributed by atoms with van der Waals surface area (Å²) < 4.78 is 5.49. The second-order valence-corrected chi connectivity index (χ2v) is 8.44. The van der Waals surface area contributed by atoms with Crippen LogP contribution < -0.4 is 10.1 Å². The quantitative estimate of drug-likeness (QED) is 0.341. The minimum Gasteiger partial charge on any atom is -0.492 e. The molecule has 1 aliphatic heterocycles. The van der Waals surface area contributed by atoms with Gasteiger partial charge in [-0.15, -0.1) is 0 Å². The minimum atomic E-state index is 0.304. The third-order valence-corrected chi connectivity index (χ3v) is 6.44. The lowest BCUT2D eigenvalue weighted by atomic mass is 9.77. The number of nitrogens with one attached hydrogen (secondary N) is 1. The Hall–Kier alpha value is -3.04. The molecular weight excluding hydrogens is 404 g/mol. The van der Waals surface area contributed by atoms with Gasteiger partial charge >= 0.3 is 0 Å². The van der Waals surface area contributed by atoms with Gasteiger partial charge in [0, 0.05) is 17.8 Å². The third kappa shape index (κ3) is 3.98. The van der Waals surface area contributed by atoms with Crippen molar-refractivity contribution in [2.24, 2.45) is 10.9 Å². The van der Waals surface area contributed by atoms with Gasteiger partial charge in [-0.2, -0.15) is 0 Å². The summed E-state index contributed by atoms with van der Waals surface area (Å²) in [7, 11) is 0. The Labute approximate surface area is 188 Å². The lowest BCUT2D eigenvalue weighted by Gasteiger charge is -2.37. The molecule has 2 aliphatic rings. The van der Waals surface area contributed by atoms with Crippen LogP contribution in [0.3, 0.4) is 0 Å². The lowest BCUT2D eigenvalue weighted by molar-refractivity contribution is 0.340. The number of ether oxygens (including phenoxy) is 1. The van der Waals surface area contributed by atoms with Crippen molar-refractivity contribution in [2.75, 3.05) is 11.9 Å². The number of nitrogens with zero attached hydrogens (tertiary/aromatic N) is 1. The highest BCUT2D eigenvalue weighted by Gasteiger charge is 2.37. The van der Waals surface area contributed by atoms with E-state index in [0.717, 1.165) is 17.7 Å². The van der Waals surface area contributed by atoms with Gasteiger partial charge in [0.05, 0.1) is 23.4 Å². The van der Waals surface area contributed by atoms with Crippen molar-refractivity contribution in [3.05, 3.63) is 101 Å². The number of hydrogen-bond acceptors (Lipinski definition) is 3. The second kappa shape index (κ2) is 8.60. The van der Waals surface area contributed by atoms with Crippen molar-refractivity contribution in [2.45, 2.75) is 25.3 Å². The molecule has 0 fully saturated rings. The summed E-state index contributed by atoms with van der Waals surface area (Å²) >= 11 is 6.28. The van der Waals surface area contributed by atoms with Gasteiger partial charge < -0.3 is 10.1 Å². The molecule has 0 unspecified atom stereocenters. The maximum atomic E-state index is 6.28. The number of aliphatic imine (C=N–C) groups is 1. The van der Waals surface area contributed by atoms with E-state index < -0.39 is 0 Å². The molecular formula is C27H25ClN2O. The van der Waals surface area contributed by atoms with Gasteiger partial charge in [-0.05, 0) is 72.4 Å². The molecule has 0 bridgehead atoms. The summed E-state index contributed by atoms with van der Waals surface area (Å²) in [6, 6.07) is 23.3. The number of hydrogen-bond donors (Lipinski definition) is 1. The van der Waals surface area contributed by atoms with Crippen molar-refractivity contribution in [3.63, 3.8) is 0 Å². The Morgan fingerprint density at radius 1 is 1.10 bits per heavy atom. The Morgan fingerprint density at radius 2 is 1.94 bits per heavy atom.